The summed E-state index contributed by atoms with van der Waals surface area (Å²) in [5, 5.41) is 3.42. The standard InChI is InChI=1S/C44H62N2O5S/c1-27(2)32-15-20-44(45-37(47)25-46-24-31-23-30(46)26-52(31,49)50)22-21-42(6)34(38(32)44)13-14-36-41(5)18-16-33(28-9-11-29(12-10-28)39(48)51-8)40(3,4)35(41)17-19-43(36,42)7/h9-12,16,30-32,34-36,38H,1,13-15,17-26H2,2-8H3,(H,45,47)/t30-,31-,32-,34+,35-,36+,38+,41-,42+,43+,44-/m0/s1. The summed E-state index contributed by atoms with van der Waals surface area (Å²) in [7, 11) is -1.56. The van der Waals surface area contributed by atoms with Gasteiger partial charge in [-0.3, -0.25) is 9.69 Å². The van der Waals surface area contributed by atoms with Gasteiger partial charge in [0, 0.05) is 18.1 Å². The molecule has 0 radical (unpaired) electrons. The second kappa shape index (κ2) is 12.0. The molecule has 284 valence electrons. The van der Waals surface area contributed by atoms with E-state index in [0.717, 1.165) is 32.1 Å². The van der Waals surface area contributed by atoms with Crippen LogP contribution in [0.25, 0.3) is 5.57 Å². The Balaban J connectivity index is 1.06. The average Bonchev–Trinajstić information content (AvgIpc) is 3.75. The van der Waals surface area contributed by atoms with Crippen molar-refractivity contribution in [1.82, 2.24) is 10.2 Å². The third-order valence-corrected chi connectivity index (χ3v) is 19.6. The number of allylic oxidation sites excluding steroid dienone is 3. The molecule has 2 saturated heterocycles. The van der Waals surface area contributed by atoms with Crippen molar-refractivity contribution in [3.8, 4) is 0 Å². The Morgan fingerprint density at radius 3 is 2.31 bits per heavy atom. The summed E-state index contributed by atoms with van der Waals surface area (Å²) in [6.07, 6.45) is 13.4. The maximum Gasteiger partial charge on any atom is 0.337 e. The number of amides is 1. The second-order valence-corrected chi connectivity index (χ2v) is 22.1. The molecule has 7 aliphatic rings. The normalized spacial score (nSPS) is 44.1. The van der Waals surface area contributed by atoms with Crippen LogP contribution in [0.4, 0.5) is 0 Å². The molecule has 2 bridgehead atoms. The van der Waals surface area contributed by atoms with Crippen molar-refractivity contribution >= 4 is 27.3 Å². The molecule has 2 aliphatic heterocycles. The van der Waals surface area contributed by atoms with E-state index >= 15 is 0 Å². The number of esters is 1. The predicted octanol–water partition coefficient (Wildman–Crippen LogP) is 7.86. The first-order valence-corrected chi connectivity index (χ1v) is 21.9. The highest BCUT2D eigenvalue weighted by atomic mass is 32.2. The lowest BCUT2D eigenvalue weighted by Crippen LogP contribution is -2.68. The molecule has 4 saturated carbocycles. The fraction of sp³-hybridized carbons (Fsp3) is 0.727. The zero-order valence-electron chi connectivity index (χ0n) is 32.7. The van der Waals surface area contributed by atoms with Crippen LogP contribution >= 0.6 is 0 Å². The lowest BCUT2D eigenvalue weighted by molar-refractivity contribution is -0.219. The molecule has 1 amide bonds. The molecular weight excluding hydrogens is 669 g/mol. The van der Waals surface area contributed by atoms with Crippen LogP contribution < -0.4 is 5.32 Å². The monoisotopic (exact) mass is 730 g/mol. The number of likely N-dealkylation sites (tertiary alicyclic amines) is 1. The van der Waals surface area contributed by atoms with Crippen LogP contribution in [0.1, 0.15) is 122 Å². The van der Waals surface area contributed by atoms with Gasteiger partial charge in [0.15, 0.2) is 9.84 Å². The van der Waals surface area contributed by atoms with Crippen LogP contribution in [0.15, 0.2) is 42.5 Å². The number of ether oxygens (including phenoxy) is 1. The molecule has 11 atom stereocenters. The second-order valence-electron chi connectivity index (χ2n) is 19.8. The molecule has 5 aliphatic carbocycles. The minimum atomic E-state index is -2.99. The Kier molecular flexibility index (Phi) is 8.44. The summed E-state index contributed by atoms with van der Waals surface area (Å²) in [4.78, 5) is 28.2. The molecule has 0 aromatic heterocycles. The number of sulfone groups is 1. The van der Waals surface area contributed by atoms with E-state index in [9.17, 15) is 18.0 Å². The van der Waals surface area contributed by atoms with Gasteiger partial charge in [0.25, 0.3) is 0 Å². The molecule has 8 rings (SSSR count). The van der Waals surface area contributed by atoms with Crippen molar-refractivity contribution in [2.24, 2.45) is 51.2 Å². The molecule has 1 N–H and O–H groups in total. The van der Waals surface area contributed by atoms with E-state index in [4.69, 9.17) is 4.74 Å². The largest absolute Gasteiger partial charge is 0.465 e. The molecule has 52 heavy (non-hydrogen) atoms. The topological polar surface area (TPSA) is 92.8 Å². The van der Waals surface area contributed by atoms with Gasteiger partial charge in [-0.15, -0.1) is 0 Å². The van der Waals surface area contributed by atoms with Crippen molar-refractivity contribution in [2.75, 3.05) is 26.0 Å². The van der Waals surface area contributed by atoms with Gasteiger partial charge in [0.1, 0.15) is 0 Å². The van der Waals surface area contributed by atoms with Crippen LogP contribution in [0.2, 0.25) is 0 Å². The maximum atomic E-state index is 13.9. The minimum Gasteiger partial charge on any atom is -0.465 e. The Hall–Kier alpha value is -2.45. The highest BCUT2D eigenvalue weighted by Gasteiger charge is 2.70. The van der Waals surface area contributed by atoms with Crippen LogP contribution in [0.5, 0.6) is 0 Å². The summed E-state index contributed by atoms with van der Waals surface area (Å²) in [6.45, 7) is 20.4. The van der Waals surface area contributed by atoms with Gasteiger partial charge < -0.3 is 10.1 Å². The molecule has 6 fully saturated rings. The molecular formula is C44H62N2O5S. The smallest absolute Gasteiger partial charge is 0.337 e. The minimum absolute atomic E-state index is 0.000389. The number of nitrogens with one attached hydrogen (secondary N) is 1. The van der Waals surface area contributed by atoms with Gasteiger partial charge in [-0.1, -0.05) is 65.0 Å². The Labute approximate surface area is 312 Å². The fourth-order valence-electron chi connectivity index (χ4n) is 14.8. The van der Waals surface area contributed by atoms with Gasteiger partial charge in [-0.2, -0.15) is 0 Å². The van der Waals surface area contributed by atoms with Gasteiger partial charge in [-0.05, 0) is 146 Å². The number of hydrogen-bond donors (Lipinski definition) is 1. The van der Waals surface area contributed by atoms with E-state index in [2.05, 4.69) is 76.5 Å². The number of benzene rings is 1. The van der Waals surface area contributed by atoms with E-state index in [0.29, 0.717) is 54.7 Å². The average molecular weight is 731 g/mol. The fourth-order valence-corrected chi connectivity index (χ4v) is 16.9. The van der Waals surface area contributed by atoms with Crippen molar-refractivity contribution in [3.05, 3.63) is 53.6 Å². The molecule has 2 heterocycles. The Morgan fingerprint density at radius 2 is 1.67 bits per heavy atom. The molecule has 0 spiro atoms. The van der Waals surface area contributed by atoms with Crippen LogP contribution in [0.3, 0.4) is 0 Å². The van der Waals surface area contributed by atoms with Crippen molar-refractivity contribution in [2.45, 2.75) is 123 Å². The summed E-state index contributed by atoms with van der Waals surface area (Å²) >= 11 is 0. The quantitative estimate of drug-likeness (QED) is 0.237. The van der Waals surface area contributed by atoms with E-state index in [1.54, 1.807) is 0 Å². The molecule has 1 aromatic rings. The van der Waals surface area contributed by atoms with Crippen molar-refractivity contribution < 1.29 is 22.7 Å². The molecule has 0 unspecified atom stereocenters. The number of carbonyl (C=O) groups is 2. The number of rotatable bonds is 6. The number of methoxy groups -OCH3 is 1. The Bertz CT molecular complexity index is 1820. The van der Waals surface area contributed by atoms with Crippen LogP contribution in [-0.2, 0) is 19.4 Å². The van der Waals surface area contributed by atoms with E-state index in [1.165, 1.54) is 49.5 Å². The summed E-state index contributed by atoms with van der Waals surface area (Å²) in [6, 6.07) is 8.01. The first-order valence-electron chi connectivity index (χ1n) is 20.2. The summed E-state index contributed by atoms with van der Waals surface area (Å²) < 4.78 is 29.8. The molecule has 1 aromatic carbocycles. The molecule has 7 nitrogen and oxygen atoms in total. The SMILES string of the molecule is C=C(C)[C@@H]1CC[C@]2(NC(=O)CN3C[C@@H]4C[C@H]3CS4(=O)=O)CC[C@]3(C)[C@H](CC[C@@H]4[C@@]5(C)CC=C(c6ccc(C(=O)OC)cc6)C(C)(C)[C@@H]5CC[C@]43C)[C@@H]12. The number of carbonyl (C=O) groups excluding carboxylic acids is 2. The van der Waals surface area contributed by atoms with E-state index in [-0.39, 0.29) is 56.1 Å². The van der Waals surface area contributed by atoms with Gasteiger partial charge >= 0.3 is 5.97 Å². The lowest BCUT2D eigenvalue weighted by Gasteiger charge is -2.72. The highest BCUT2D eigenvalue weighted by Crippen LogP contribution is 2.76. The van der Waals surface area contributed by atoms with Gasteiger partial charge in [0.2, 0.25) is 5.91 Å². The molecule has 8 heteroatoms. The van der Waals surface area contributed by atoms with Gasteiger partial charge in [-0.25, -0.2) is 13.2 Å². The third kappa shape index (κ3) is 5.07. The number of hydrogen-bond acceptors (Lipinski definition) is 6. The first-order chi connectivity index (χ1) is 24.4. The number of fused-ring (bicyclic) bond motifs is 9. The maximum absolute atomic E-state index is 13.9. The van der Waals surface area contributed by atoms with Gasteiger partial charge in [0.05, 0.1) is 30.2 Å². The third-order valence-electron chi connectivity index (χ3n) is 17.4. The van der Waals surface area contributed by atoms with Crippen LogP contribution in [0, 0.1) is 51.2 Å². The van der Waals surface area contributed by atoms with Crippen molar-refractivity contribution in [3.63, 3.8) is 0 Å². The summed E-state index contributed by atoms with van der Waals surface area (Å²) in [5.41, 5.74) is 4.82. The Morgan fingerprint density at radius 1 is 0.942 bits per heavy atom. The summed E-state index contributed by atoms with van der Waals surface area (Å²) in [5.74, 6) is 2.49. The van der Waals surface area contributed by atoms with Crippen molar-refractivity contribution in [1.29, 1.82) is 0 Å². The lowest BCUT2D eigenvalue weighted by atomic mass is 9.33. The van der Waals surface area contributed by atoms with Crippen LogP contribution in [-0.4, -0.2) is 68.0 Å². The zero-order valence-corrected chi connectivity index (χ0v) is 33.5. The number of nitrogens with zero attached hydrogens (tertiary/aromatic N) is 1. The highest BCUT2D eigenvalue weighted by molar-refractivity contribution is 7.92. The first kappa shape index (κ1) is 36.5. The zero-order chi connectivity index (χ0) is 37.2. The van der Waals surface area contributed by atoms with E-state index < -0.39 is 9.84 Å². The predicted molar refractivity (Wildman–Crippen MR) is 206 cm³/mol. The van der Waals surface area contributed by atoms with E-state index in [1.807, 2.05) is 12.1 Å².